The number of nitrogens with zero attached hydrogens (tertiary/aromatic N) is 3. The smallest absolute Gasteiger partial charge is 0.378 e. The molecule has 0 aromatic heterocycles. The number of anilines is 3. The van der Waals surface area contributed by atoms with Gasteiger partial charge >= 0.3 is 6.18 Å². The van der Waals surface area contributed by atoms with E-state index < -0.39 is 17.2 Å². The van der Waals surface area contributed by atoms with Crippen molar-refractivity contribution in [1.82, 2.24) is 0 Å². The lowest BCUT2D eigenvalue weighted by Gasteiger charge is -2.35. The van der Waals surface area contributed by atoms with Gasteiger partial charge in [-0.1, -0.05) is 72.4 Å². The van der Waals surface area contributed by atoms with Crippen molar-refractivity contribution in [2.75, 3.05) is 57.0 Å². The molecule has 7 heteroatoms. The van der Waals surface area contributed by atoms with E-state index in [0.717, 1.165) is 49.1 Å². The zero-order chi connectivity index (χ0) is 30.9. The average molecular weight is 600 g/mol. The van der Waals surface area contributed by atoms with Crippen LogP contribution in [0.1, 0.15) is 27.8 Å². The summed E-state index contributed by atoms with van der Waals surface area (Å²) in [6.45, 7) is 0. The fourth-order valence-electron chi connectivity index (χ4n) is 5.24. The minimum atomic E-state index is -4.41. The normalized spacial score (nSPS) is 14.5. The van der Waals surface area contributed by atoms with E-state index in [4.69, 9.17) is 0 Å². The van der Waals surface area contributed by atoms with Crippen LogP contribution in [0.5, 0.6) is 0 Å². The third-order valence-electron chi connectivity index (χ3n) is 7.83. The summed E-state index contributed by atoms with van der Waals surface area (Å²) in [7, 11) is 12.0. The lowest BCUT2D eigenvalue weighted by atomic mass is 9.72. The first-order valence-corrected chi connectivity index (χ1v) is 14.8. The molecule has 1 heterocycles. The van der Waals surface area contributed by atoms with Crippen LogP contribution in [0, 0.1) is 0 Å². The third-order valence-corrected chi connectivity index (χ3v) is 8.97. The minimum Gasteiger partial charge on any atom is -0.378 e. The van der Waals surface area contributed by atoms with Gasteiger partial charge in [0.2, 0.25) is 0 Å². The fraction of sp³-hybridized carbons (Fsp3) is 0.222. The molecule has 4 aromatic rings. The molecule has 0 fully saturated rings. The van der Waals surface area contributed by atoms with Gasteiger partial charge in [0.25, 0.3) is 0 Å². The van der Waals surface area contributed by atoms with E-state index in [2.05, 4.69) is 94.7 Å². The Balaban J connectivity index is 1.76. The number of thioether (sulfide) groups is 1. The van der Waals surface area contributed by atoms with Crippen molar-refractivity contribution < 1.29 is 13.2 Å². The number of benzene rings is 4. The van der Waals surface area contributed by atoms with Gasteiger partial charge < -0.3 is 14.7 Å². The van der Waals surface area contributed by atoms with Gasteiger partial charge in [0, 0.05) is 69.2 Å². The third kappa shape index (κ3) is 6.32. The Hall–Kier alpha value is -4.10. The lowest BCUT2D eigenvalue weighted by Crippen LogP contribution is -2.25. The summed E-state index contributed by atoms with van der Waals surface area (Å²) < 4.78 is 40.8. The Bertz CT molecular complexity index is 1550. The van der Waals surface area contributed by atoms with Gasteiger partial charge in [0.15, 0.2) is 0 Å². The quantitative estimate of drug-likeness (QED) is 0.210. The molecule has 0 N–H and O–H groups in total. The molecule has 0 bridgehead atoms. The fourth-order valence-corrected chi connectivity index (χ4v) is 6.47. The minimum absolute atomic E-state index is 0.661. The second kappa shape index (κ2) is 11.9. The molecular formula is C36H36F3N3S. The van der Waals surface area contributed by atoms with Crippen molar-refractivity contribution in [2.24, 2.45) is 0 Å². The molecule has 43 heavy (non-hydrogen) atoms. The van der Waals surface area contributed by atoms with Crippen LogP contribution in [-0.2, 0) is 11.6 Å². The highest BCUT2D eigenvalue weighted by atomic mass is 32.2. The molecular weight excluding hydrogens is 563 g/mol. The molecule has 1 aliphatic heterocycles. The van der Waals surface area contributed by atoms with Crippen molar-refractivity contribution >= 4 is 38.6 Å². The van der Waals surface area contributed by atoms with Crippen molar-refractivity contribution in [2.45, 2.75) is 11.6 Å². The SMILES string of the molecule is CN(C)c1ccc(C2=CC(c3ccc(N(C)C)cc3)(c3ccc(C(F)(F)F)cc3)C=C(c3ccc(N(C)C)cc3)S2)cc1. The number of allylic oxidation sites excluding steroid dienone is 2. The van der Waals surface area contributed by atoms with E-state index in [9.17, 15) is 13.2 Å². The predicted molar refractivity (Wildman–Crippen MR) is 178 cm³/mol. The summed E-state index contributed by atoms with van der Waals surface area (Å²) in [5, 5.41) is 0. The molecule has 0 aliphatic carbocycles. The molecule has 0 saturated heterocycles. The van der Waals surface area contributed by atoms with E-state index >= 15 is 0 Å². The van der Waals surface area contributed by atoms with Gasteiger partial charge in [-0.05, 0) is 70.8 Å². The van der Waals surface area contributed by atoms with Crippen LogP contribution in [0.25, 0.3) is 9.81 Å². The van der Waals surface area contributed by atoms with Crippen LogP contribution in [0.15, 0.2) is 109 Å². The maximum atomic E-state index is 13.6. The first-order chi connectivity index (χ1) is 20.4. The Morgan fingerprint density at radius 1 is 0.488 bits per heavy atom. The molecule has 1 aliphatic rings. The Morgan fingerprint density at radius 2 is 0.814 bits per heavy atom. The van der Waals surface area contributed by atoms with E-state index in [1.165, 1.54) is 12.1 Å². The molecule has 0 atom stereocenters. The van der Waals surface area contributed by atoms with Gasteiger partial charge in [-0.2, -0.15) is 13.2 Å². The Kier molecular flexibility index (Phi) is 8.39. The highest BCUT2D eigenvalue weighted by molar-refractivity contribution is 8.16. The van der Waals surface area contributed by atoms with Gasteiger partial charge in [0.1, 0.15) is 0 Å². The van der Waals surface area contributed by atoms with Crippen LogP contribution < -0.4 is 14.7 Å². The number of halogens is 3. The Labute approximate surface area is 256 Å². The van der Waals surface area contributed by atoms with Crippen molar-refractivity contribution in [3.63, 3.8) is 0 Å². The molecule has 222 valence electrons. The van der Waals surface area contributed by atoms with Gasteiger partial charge in [-0.3, -0.25) is 0 Å². The van der Waals surface area contributed by atoms with E-state index in [-0.39, 0.29) is 0 Å². The Morgan fingerprint density at radius 3 is 1.14 bits per heavy atom. The molecule has 3 nitrogen and oxygen atoms in total. The van der Waals surface area contributed by atoms with Crippen LogP contribution in [0.4, 0.5) is 30.2 Å². The maximum absolute atomic E-state index is 13.6. The van der Waals surface area contributed by atoms with Gasteiger partial charge in [-0.15, -0.1) is 0 Å². The molecule has 0 radical (unpaired) electrons. The lowest BCUT2D eigenvalue weighted by molar-refractivity contribution is -0.137. The van der Waals surface area contributed by atoms with Crippen LogP contribution >= 0.6 is 11.8 Å². The summed E-state index contributed by atoms with van der Waals surface area (Å²) >= 11 is 1.68. The van der Waals surface area contributed by atoms with Crippen LogP contribution in [0.2, 0.25) is 0 Å². The summed E-state index contributed by atoms with van der Waals surface area (Å²) in [6.07, 6.45) is -0.00753. The summed E-state index contributed by atoms with van der Waals surface area (Å²) in [6, 6.07) is 30.7. The summed E-state index contributed by atoms with van der Waals surface area (Å²) in [4.78, 5) is 8.23. The van der Waals surface area contributed by atoms with E-state index in [1.54, 1.807) is 23.9 Å². The number of hydrogen-bond donors (Lipinski definition) is 0. The van der Waals surface area contributed by atoms with E-state index in [1.807, 2.05) is 47.2 Å². The molecule has 4 aromatic carbocycles. The molecule has 5 rings (SSSR count). The predicted octanol–water partition coefficient (Wildman–Crippen LogP) is 9.02. The van der Waals surface area contributed by atoms with Crippen LogP contribution in [-0.4, -0.2) is 42.3 Å². The second-order valence-corrected chi connectivity index (χ2v) is 12.5. The molecule has 0 unspecified atom stereocenters. The van der Waals surface area contributed by atoms with E-state index in [0.29, 0.717) is 0 Å². The zero-order valence-corrected chi connectivity index (χ0v) is 26.1. The summed E-state index contributed by atoms with van der Waals surface area (Å²) in [5.74, 6) is 0. The number of alkyl halides is 3. The molecule has 0 amide bonds. The van der Waals surface area contributed by atoms with Crippen molar-refractivity contribution in [3.8, 4) is 0 Å². The van der Waals surface area contributed by atoms with Crippen molar-refractivity contribution in [1.29, 1.82) is 0 Å². The number of hydrogen-bond acceptors (Lipinski definition) is 4. The largest absolute Gasteiger partial charge is 0.416 e. The first kappa shape index (κ1) is 30.4. The van der Waals surface area contributed by atoms with Gasteiger partial charge in [-0.25, -0.2) is 0 Å². The standard InChI is InChI=1S/C36H36F3N3S/c1-40(2)30-17-7-25(8-18-30)33-23-35(28-15-21-32(22-16-28)42(5)6,27-11-13-29(14-12-27)36(37,38)39)24-34(43-33)26-9-19-31(20-10-26)41(3)4/h7-24H,1-6H3. The average Bonchev–Trinajstić information content (AvgIpc) is 3.00. The topological polar surface area (TPSA) is 9.72 Å². The monoisotopic (exact) mass is 599 g/mol. The second-order valence-electron chi connectivity index (χ2n) is 11.4. The molecule has 0 saturated carbocycles. The number of rotatable bonds is 7. The highest BCUT2D eigenvalue weighted by Crippen LogP contribution is 2.52. The summed E-state index contributed by atoms with van der Waals surface area (Å²) in [5.41, 5.74) is 5.59. The first-order valence-electron chi connectivity index (χ1n) is 14.0. The maximum Gasteiger partial charge on any atom is 0.416 e. The van der Waals surface area contributed by atoms with Gasteiger partial charge in [0.05, 0.1) is 11.0 Å². The zero-order valence-electron chi connectivity index (χ0n) is 25.3. The highest BCUT2D eigenvalue weighted by Gasteiger charge is 2.37. The van der Waals surface area contributed by atoms with Crippen molar-refractivity contribution in [3.05, 3.63) is 137 Å². The molecule has 0 spiro atoms. The van der Waals surface area contributed by atoms with Crippen LogP contribution in [0.3, 0.4) is 0 Å².